The van der Waals surface area contributed by atoms with Gasteiger partial charge in [-0.3, -0.25) is 0 Å². The number of aliphatic hydroxyl groups excluding tert-OH is 1. The van der Waals surface area contributed by atoms with Gasteiger partial charge in [-0.15, -0.1) is 0 Å². The van der Waals surface area contributed by atoms with Gasteiger partial charge < -0.3 is 14.6 Å². The highest BCUT2D eigenvalue weighted by atomic mass is 79.9. The molecule has 0 unspecified atom stereocenters. The third-order valence-electron chi connectivity index (χ3n) is 2.72. The zero-order valence-corrected chi connectivity index (χ0v) is 12.4. The summed E-state index contributed by atoms with van der Waals surface area (Å²) in [5.41, 5.74) is 1.94. The van der Waals surface area contributed by atoms with E-state index in [4.69, 9.17) is 14.6 Å². The fourth-order valence-corrected chi connectivity index (χ4v) is 2.21. The second-order valence-corrected chi connectivity index (χ2v) is 5.03. The van der Waals surface area contributed by atoms with E-state index in [1.165, 1.54) is 0 Å². The van der Waals surface area contributed by atoms with Crippen LogP contribution in [-0.4, -0.2) is 12.2 Å². The minimum Gasteiger partial charge on any atom is -0.493 e. The SMILES string of the molecule is COc1cc(C)ccc1Oc1ccc(CO)cc1Br. The second kappa shape index (κ2) is 6.08. The highest BCUT2D eigenvalue weighted by Gasteiger charge is 2.08. The molecule has 0 aliphatic rings. The molecule has 0 aliphatic carbocycles. The van der Waals surface area contributed by atoms with Crippen molar-refractivity contribution in [3.63, 3.8) is 0 Å². The predicted octanol–water partition coefficient (Wildman–Crippen LogP) is 4.05. The van der Waals surface area contributed by atoms with Crippen LogP contribution in [0.1, 0.15) is 11.1 Å². The van der Waals surface area contributed by atoms with Crippen LogP contribution >= 0.6 is 15.9 Å². The summed E-state index contributed by atoms with van der Waals surface area (Å²) < 4.78 is 11.9. The van der Waals surface area contributed by atoms with Crippen molar-refractivity contribution in [3.8, 4) is 17.2 Å². The van der Waals surface area contributed by atoms with Crippen molar-refractivity contribution in [3.05, 3.63) is 52.0 Å². The van der Waals surface area contributed by atoms with Crippen molar-refractivity contribution in [2.75, 3.05) is 7.11 Å². The van der Waals surface area contributed by atoms with Crippen molar-refractivity contribution in [2.45, 2.75) is 13.5 Å². The van der Waals surface area contributed by atoms with Crippen molar-refractivity contribution in [1.29, 1.82) is 0 Å². The molecular formula is C15H15BrO3. The first-order valence-corrected chi connectivity index (χ1v) is 6.65. The standard InChI is InChI=1S/C15H15BrO3/c1-10-3-5-14(15(7-10)18-2)19-13-6-4-11(9-17)8-12(13)16/h3-8,17H,9H2,1-2H3. The van der Waals surface area contributed by atoms with Crippen molar-refractivity contribution in [2.24, 2.45) is 0 Å². The van der Waals surface area contributed by atoms with Gasteiger partial charge in [0.1, 0.15) is 5.75 Å². The van der Waals surface area contributed by atoms with Gasteiger partial charge in [0.05, 0.1) is 18.2 Å². The average molecular weight is 323 g/mol. The van der Waals surface area contributed by atoms with Crippen LogP contribution in [0.25, 0.3) is 0 Å². The van der Waals surface area contributed by atoms with Gasteiger partial charge in [0, 0.05) is 0 Å². The van der Waals surface area contributed by atoms with Crippen LogP contribution in [0.5, 0.6) is 17.2 Å². The van der Waals surface area contributed by atoms with E-state index in [-0.39, 0.29) is 6.61 Å². The molecule has 0 fully saturated rings. The van der Waals surface area contributed by atoms with Crippen LogP contribution in [-0.2, 0) is 6.61 Å². The molecule has 0 aliphatic heterocycles. The number of hydrogen-bond acceptors (Lipinski definition) is 3. The number of hydrogen-bond donors (Lipinski definition) is 1. The fraction of sp³-hybridized carbons (Fsp3) is 0.200. The van der Waals surface area contributed by atoms with Crippen molar-refractivity contribution >= 4 is 15.9 Å². The third-order valence-corrected chi connectivity index (χ3v) is 3.34. The third kappa shape index (κ3) is 3.28. The van der Waals surface area contributed by atoms with Crippen LogP contribution < -0.4 is 9.47 Å². The molecule has 4 heteroatoms. The quantitative estimate of drug-likeness (QED) is 0.922. The summed E-state index contributed by atoms with van der Waals surface area (Å²) in [5.74, 6) is 2.03. The minimum absolute atomic E-state index is 0.00668. The molecule has 0 bridgehead atoms. The Morgan fingerprint density at radius 3 is 2.42 bits per heavy atom. The summed E-state index contributed by atoms with van der Waals surface area (Å²) in [5, 5.41) is 9.07. The first-order chi connectivity index (χ1) is 9.13. The number of benzene rings is 2. The summed E-state index contributed by atoms with van der Waals surface area (Å²) in [6.07, 6.45) is 0. The Hall–Kier alpha value is -1.52. The van der Waals surface area contributed by atoms with Gasteiger partial charge in [-0.25, -0.2) is 0 Å². The van der Waals surface area contributed by atoms with Crippen LogP contribution in [0.2, 0.25) is 0 Å². The molecule has 0 heterocycles. The van der Waals surface area contributed by atoms with Crippen LogP contribution in [0.3, 0.4) is 0 Å². The maximum Gasteiger partial charge on any atom is 0.169 e. The van der Waals surface area contributed by atoms with E-state index in [0.29, 0.717) is 17.2 Å². The van der Waals surface area contributed by atoms with Gasteiger partial charge in [0.2, 0.25) is 0 Å². The van der Waals surface area contributed by atoms with E-state index in [0.717, 1.165) is 15.6 Å². The number of halogens is 1. The number of aryl methyl sites for hydroxylation is 1. The maximum absolute atomic E-state index is 9.07. The van der Waals surface area contributed by atoms with Gasteiger partial charge in [-0.05, 0) is 58.2 Å². The average Bonchev–Trinajstić information content (AvgIpc) is 2.42. The molecule has 100 valence electrons. The Morgan fingerprint density at radius 2 is 1.79 bits per heavy atom. The molecule has 0 saturated heterocycles. The fourth-order valence-electron chi connectivity index (χ4n) is 1.70. The molecule has 19 heavy (non-hydrogen) atoms. The van der Waals surface area contributed by atoms with E-state index < -0.39 is 0 Å². The molecule has 2 aromatic carbocycles. The summed E-state index contributed by atoms with van der Waals surface area (Å²) in [6, 6.07) is 11.2. The predicted molar refractivity (Wildman–Crippen MR) is 77.9 cm³/mol. The van der Waals surface area contributed by atoms with Gasteiger partial charge in [-0.1, -0.05) is 12.1 Å². The lowest BCUT2D eigenvalue weighted by Crippen LogP contribution is -1.92. The summed E-state index contributed by atoms with van der Waals surface area (Å²) >= 11 is 3.43. The second-order valence-electron chi connectivity index (χ2n) is 4.18. The minimum atomic E-state index is 0.00668. The van der Waals surface area contributed by atoms with Gasteiger partial charge in [0.15, 0.2) is 11.5 Å². The highest BCUT2D eigenvalue weighted by molar-refractivity contribution is 9.10. The lowest BCUT2D eigenvalue weighted by atomic mass is 10.2. The number of methoxy groups -OCH3 is 1. The van der Waals surface area contributed by atoms with E-state index >= 15 is 0 Å². The molecule has 1 N–H and O–H groups in total. The van der Waals surface area contributed by atoms with E-state index in [2.05, 4.69) is 15.9 Å². The monoisotopic (exact) mass is 322 g/mol. The summed E-state index contributed by atoms with van der Waals surface area (Å²) in [7, 11) is 1.62. The highest BCUT2D eigenvalue weighted by Crippen LogP contribution is 2.35. The van der Waals surface area contributed by atoms with Crippen molar-refractivity contribution in [1.82, 2.24) is 0 Å². The van der Waals surface area contributed by atoms with Gasteiger partial charge in [-0.2, -0.15) is 0 Å². The Balaban J connectivity index is 2.31. The Bertz CT molecular complexity index is 582. The number of aliphatic hydroxyl groups is 1. The largest absolute Gasteiger partial charge is 0.493 e. The van der Waals surface area contributed by atoms with E-state index in [1.54, 1.807) is 7.11 Å². The van der Waals surface area contributed by atoms with Crippen LogP contribution in [0.15, 0.2) is 40.9 Å². The Morgan fingerprint density at radius 1 is 1.05 bits per heavy atom. The molecule has 0 radical (unpaired) electrons. The normalized spacial score (nSPS) is 10.3. The van der Waals surface area contributed by atoms with Crippen molar-refractivity contribution < 1.29 is 14.6 Å². The molecule has 0 spiro atoms. The van der Waals surface area contributed by atoms with Gasteiger partial charge >= 0.3 is 0 Å². The van der Waals surface area contributed by atoms with Crippen LogP contribution in [0.4, 0.5) is 0 Å². The van der Waals surface area contributed by atoms with E-state index in [9.17, 15) is 0 Å². The zero-order chi connectivity index (χ0) is 13.8. The topological polar surface area (TPSA) is 38.7 Å². The Kier molecular flexibility index (Phi) is 4.45. The molecular weight excluding hydrogens is 308 g/mol. The maximum atomic E-state index is 9.07. The van der Waals surface area contributed by atoms with E-state index in [1.807, 2.05) is 43.3 Å². The number of ether oxygens (including phenoxy) is 2. The van der Waals surface area contributed by atoms with Gasteiger partial charge in [0.25, 0.3) is 0 Å². The first kappa shape index (κ1) is 13.9. The number of rotatable bonds is 4. The molecule has 0 atom stereocenters. The lowest BCUT2D eigenvalue weighted by Gasteiger charge is -2.12. The molecule has 0 amide bonds. The Labute approximate surface area is 120 Å². The summed E-state index contributed by atoms with van der Waals surface area (Å²) in [6.45, 7) is 2.00. The summed E-state index contributed by atoms with van der Waals surface area (Å²) in [4.78, 5) is 0. The molecule has 3 nitrogen and oxygen atoms in total. The van der Waals surface area contributed by atoms with Crippen LogP contribution in [0, 0.1) is 6.92 Å². The smallest absolute Gasteiger partial charge is 0.169 e. The first-order valence-electron chi connectivity index (χ1n) is 5.86. The molecule has 2 rings (SSSR count). The zero-order valence-electron chi connectivity index (χ0n) is 10.8. The molecule has 2 aromatic rings. The lowest BCUT2D eigenvalue weighted by molar-refractivity contribution is 0.281. The molecule has 0 aromatic heterocycles. The molecule has 0 saturated carbocycles.